The molecule has 2 aliphatic heterocycles. The number of pyridine rings is 1. The number of fused-ring (bicyclic) bond motifs is 1. The zero-order valence-corrected chi connectivity index (χ0v) is 15.0. The molecule has 1 unspecified atom stereocenters. The second kappa shape index (κ2) is 7.09. The van der Waals surface area contributed by atoms with Gasteiger partial charge in [0, 0.05) is 44.6 Å². The van der Waals surface area contributed by atoms with Crippen LogP contribution in [0, 0.1) is 0 Å². The summed E-state index contributed by atoms with van der Waals surface area (Å²) in [6, 6.07) is 8.72. The molecule has 4 rings (SSSR count). The van der Waals surface area contributed by atoms with Crippen molar-refractivity contribution in [3.05, 3.63) is 52.3 Å². The molecule has 5 nitrogen and oxygen atoms in total. The topological polar surface area (TPSA) is 46.6 Å². The van der Waals surface area contributed by atoms with E-state index >= 15 is 0 Å². The zero-order valence-electron chi connectivity index (χ0n) is 13.4. The Morgan fingerprint density at radius 2 is 2.21 bits per heavy atom. The van der Waals surface area contributed by atoms with Crippen LogP contribution in [0.15, 0.2) is 41.1 Å². The van der Waals surface area contributed by atoms with Crippen LogP contribution in [0.4, 0.5) is 0 Å². The summed E-state index contributed by atoms with van der Waals surface area (Å²) >= 11 is 3.61. The molecular weight excluding hydrogens is 370 g/mol. The van der Waals surface area contributed by atoms with Crippen molar-refractivity contribution in [3.8, 4) is 11.5 Å². The van der Waals surface area contributed by atoms with Crippen LogP contribution < -0.4 is 14.8 Å². The Bertz CT molecular complexity index is 711. The largest absolute Gasteiger partial charge is 0.486 e. The fourth-order valence-corrected chi connectivity index (χ4v) is 3.93. The SMILES string of the molecule is Brc1cc(CN2CCNCC2c2cccnc2)cc2c1OCCO2. The molecule has 0 spiro atoms. The number of rotatable bonds is 3. The number of ether oxygens (including phenoxy) is 2. The number of aromatic nitrogens is 1. The third kappa shape index (κ3) is 3.27. The Labute approximate surface area is 150 Å². The molecule has 1 fully saturated rings. The van der Waals surface area contributed by atoms with Crippen molar-refractivity contribution in [1.82, 2.24) is 15.2 Å². The maximum atomic E-state index is 5.75. The third-order valence-corrected chi connectivity index (χ3v) is 5.05. The molecule has 1 saturated heterocycles. The molecule has 126 valence electrons. The maximum absolute atomic E-state index is 5.75. The lowest BCUT2D eigenvalue weighted by Crippen LogP contribution is -2.45. The van der Waals surface area contributed by atoms with E-state index in [1.165, 1.54) is 11.1 Å². The van der Waals surface area contributed by atoms with Crippen LogP contribution in [0.1, 0.15) is 17.2 Å². The van der Waals surface area contributed by atoms with Crippen LogP contribution in [0.3, 0.4) is 0 Å². The quantitative estimate of drug-likeness (QED) is 0.874. The molecule has 0 aliphatic carbocycles. The van der Waals surface area contributed by atoms with E-state index in [9.17, 15) is 0 Å². The van der Waals surface area contributed by atoms with Gasteiger partial charge in [-0.25, -0.2) is 0 Å². The highest BCUT2D eigenvalue weighted by atomic mass is 79.9. The van der Waals surface area contributed by atoms with Crippen molar-refractivity contribution in [3.63, 3.8) is 0 Å². The molecule has 1 N–H and O–H groups in total. The van der Waals surface area contributed by atoms with Gasteiger partial charge in [-0.3, -0.25) is 9.88 Å². The lowest BCUT2D eigenvalue weighted by molar-refractivity contribution is 0.151. The summed E-state index contributed by atoms with van der Waals surface area (Å²) < 4.78 is 12.4. The summed E-state index contributed by atoms with van der Waals surface area (Å²) in [6.45, 7) is 5.03. The Morgan fingerprint density at radius 3 is 3.08 bits per heavy atom. The molecule has 1 atom stereocenters. The van der Waals surface area contributed by atoms with E-state index in [1.54, 1.807) is 0 Å². The predicted molar refractivity (Wildman–Crippen MR) is 95.4 cm³/mol. The molecule has 24 heavy (non-hydrogen) atoms. The summed E-state index contributed by atoms with van der Waals surface area (Å²) in [5.41, 5.74) is 2.48. The molecule has 1 aromatic heterocycles. The molecule has 0 bridgehead atoms. The molecule has 0 amide bonds. The highest BCUT2D eigenvalue weighted by molar-refractivity contribution is 9.10. The van der Waals surface area contributed by atoms with E-state index in [2.05, 4.69) is 49.3 Å². The fourth-order valence-electron chi connectivity index (χ4n) is 3.33. The van der Waals surface area contributed by atoms with E-state index in [4.69, 9.17) is 9.47 Å². The highest BCUT2D eigenvalue weighted by Crippen LogP contribution is 2.39. The molecule has 3 heterocycles. The second-order valence-electron chi connectivity index (χ2n) is 6.08. The first kappa shape index (κ1) is 15.9. The molecule has 1 aromatic carbocycles. The molecule has 0 radical (unpaired) electrons. The minimum Gasteiger partial charge on any atom is -0.486 e. The van der Waals surface area contributed by atoms with Gasteiger partial charge in [-0.15, -0.1) is 0 Å². The number of piperazine rings is 1. The summed E-state index contributed by atoms with van der Waals surface area (Å²) in [5.74, 6) is 1.65. The average Bonchev–Trinajstić information content (AvgIpc) is 2.63. The minimum absolute atomic E-state index is 0.333. The van der Waals surface area contributed by atoms with E-state index in [-0.39, 0.29) is 0 Å². The van der Waals surface area contributed by atoms with Crippen LogP contribution in [-0.4, -0.2) is 42.7 Å². The van der Waals surface area contributed by atoms with Gasteiger partial charge in [-0.2, -0.15) is 0 Å². The summed E-state index contributed by atoms with van der Waals surface area (Å²) in [5, 5.41) is 3.49. The smallest absolute Gasteiger partial charge is 0.175 e. The number of hydrogen-bond acceptors (Lipinski definition) is 5. The number of halogens is 1. The van der Waals surface area contributed by atoms with E-state index in [0.29, 0.717) is 19.3 Å². The lowest BCUT2D eigenvalue weighted by Gasteiger charge is -2.36. The first-order valence-corrected chi connectivity index (χ1v) is 9.03. The first-order valence-electron chi connectivity index (χ1n) is 8.24. The van der Waals surface area contributed by atoms with E-state index in [0.717, 1.165) is 42.2 Å². The summed E-state index contributed by atoms with van der Waals surface area (Å²) in [4.78, 5) is 6.77. The lowest BCUT2D eigenvalue weighted by atomic mass is 10.0. The first-order chi connectivity index (χ1) is 11.8. The van der Waals surface area contributed by atoms with Gasteiger partial charge in [0.15, 0.2) is 11.5 Å². The predicted octanol–water partition coefficient (Wildman–Crippen LogP) is 2.76. The van der Waals surface area contributed by atoms with Gasteiger partial charge in [0.2, 0.25) is 0 Å². The van der Waals surface area contributed by atoms with Gasteiger partial charge >= 0.3 is 0 Å². The van der Waals surface area contributed by atoms with Crippen LogP contribution >= 0.6 is 15.9 Å². The number of hydrogen-bond donors (Lipinski definition) is 1. The van der Waals surface area contributed by atoms with Crippen LogP contribution in [0.2, 0.25) is 0 Å². The Hall–Kier alpha value is -1.63. The maximum Gasteiger partial charge on any atom is 0.175 e. The van der Waals surface area contributed by atoms with Crippen molar-refractivity contribution in [2.75, 3.05) is 32.8 Å². The summed E-state index contributed by atoms with van der Waals surface area (Å²) in [6.07, 6.45) is 3.78. The standard InChI is InChI=1S/C18H20BrN3O2/c19-15-8-13(9-17-18(15)24-7-6-23-17)12-22-5-4-21-11-16(22)14-2-1-3-20-10-14/h1-3,8-10,16,21H,4-7,11-12H2. The molecule has 0 saturated carbocycles. The van der Waals surface area contributed by atoms with E-state index < -0.39 is 0 Å². The van der Waals surface area contributed by atoms with Crippen molar-refractivity contribution < 1.29 is 9.47 Å². The Kier molecular flexibility index (Phi) is 4.69. The van der Waals surface area contributed by atoms with Gasteiger partial charge in [0.25, 0.3) is 0 Å². The van der Waals surface area contributed by atoms with Crippen molar-refractivity contribution in [2.45, 2.75) is 12.6 Å². The van der Waals surface area contributed by atoms with Crippen molar-refractivity contribution >= 4 is 15.9 Å². The van der Waals surface area contributed by atoms with Gasteiger partial charge in [-0.1, -0.05) is 6.07 Å². The van der Waals surface area contributed by atoms with Gasteiger partial charge in [0.1, 0.15) is 13.2 Å². The average molecular weight is 390 g/mol. The normalized spacial score (nSPS) is 20.8. The Morgan fingerprint density at radius 1 is 1.29 bits per heavy atom. The third-order valence-electron chi connectivity index (χ3n) is 4.47. The van der Waals surface area contributed by atoms with Gasteiger partial charge in [-0.05, 0) is 45.3 Å². The zero-order chi connectivity index (χ0) is 16.4. The highest BCUT2D eigenvalue weighted by Gasteiger charge is 2.25. The van der Waals surface area contributed by atoms with Crippen LogP contribution in [0.5, 0.6) is 11.5 Å². The van der Waals surface area contributed by atoms with E-state index in [1.807, 2.05) is 18.5 Å². The number of nitrogens with one attached hydrogen (secondary N) is 1. The number of benzene rings is 1. The minimum atomic E-state index is 0.333. The molecule has 6 heteroatoms. The Balaban J connectivity index is 1.58. The molecule has 2 aromatic rings. The fraction of sp³-hybridized carbons (Fsp3) is 0.389. The molecule has 2 aliphatic rings. The molecular formula is C18H20BrN3O2. The van der Waals surface area contributed by atoms with Crippen molar-refractivity contribution in [2.24, 2.45) is 0 Å². The second-order valence-corrected chi connectivity index (χ2v) is 6.93. The number of nitrogens with zero attached hydrogens (tertiary/aromatic N) is 2. The van der Waals surface area contributed by atoms with Crippen molar-refractivity contribution in [1.29, 1.82) is 0 Å². The van der Waals surface area contributed by atoms with Gasteiger partial charge < -0.3 is 14.8 Å². The van der Waals surface area contributed by atoms with Crippen LogP contribution in [-0.2, 0) is 6.54 Å². The van der Waals surface area contributed by atoms with Gasteiger partial charge in [0.05, 0.1) is 4.47 Å². The summed E-state index contributed by atoms with van der Waals surface area (Å²) in [7, 11) is 0. The van der Waals surface area contributed by atoms with Crippen LogP contribution in [0.25, 0.3) is 0 Å². The monoisotopic (exact) mass is 389 g/mol.